The van der Waals surface area contributed by atoms with Gasteiger partial charge in [-0.1, -0.05) is 0 Å². The molecule has 0 atom stereocenters. The quantitative estimate of drug-likeness (QED) is 0.478. The SMILES string of the molecule is NC(=O)c1nccc(N)c1[N+](=O)[O-]. The first-order valence-corrected chi connectivity index (χ1v) is 3.22. The number of anilines is 1. The van der Waals surface area contributed by atoms with Gasteiger partial charge in [-0.05, 0) is 6.07 Å². The van der Waals surface area contributed by atoms with E-state index in [2.05, 4.69) is 4.98 Å². The minimum Gasteiger partial charge on any atom is -0.393 e. The zero-order valence-electron chi connectivity index (χ0n) is 6.43. The summed E-state index contributed by atoms with van der Waals surface area (Å²) in [5.74, 6) is -0.973. The highest BCUT2D eigenvalue weighted by Gasteiger charge is 2.22. The molecular formula is C6H6N4O3. The van der Waals surface area contributed by atoms with Crippen molar-refractivity contribution in [1.29, 1.82) is 0 Å². The minimum atomic E-state index is -0.973. The fourth-order valence-corrected chi connectivity index (χ4v) is 0.841. The zero-order chi connectivity index (χ0) is 10.0. The summed E-state index contributed by atoms with van der Waals surface area (Å²) in [5, 5.41) is 10.4. The molecule has 7 nitrogen and oxygen atoms in total. The largest absolute Gasteiger partial charge is 0.393 e. The third kappa shape index (κ3) is 1.53. The van der Waals surface area contributed by atoms with Crippen LogP contribution < -0.4 is 11.5 Å². The molecule has 1 aromatic rings. The van der Waals surface area contributed by atoms with Crippen LogP contribution in [0, 0.1) is 10.1 Å². The fraction of sp³-hybridized carbons (Fsp3) is 0. The van der Waals surface area contributed by atoms with Gasteiger partial charge in [-0.2, -0.15) is 0 Å². The normalized spacial score (nSPS) is 9.54. The number of nitro groups is 1. The Hall–Kier alpha value is -2.18. The van der Waals surface area contributed by atoms with E-state index in [4.69, 9.17) is 11.5 Å². The van der Waals surface area contributed by atoms with Crippen molar-refractivity contribution in [1.82, 2.24) is 4.98 Å². The van der Waals surface area contributed by atoms with E-state index < -0.39 is 22.2 Å². The van der Waals surface area contributed by atoms with Crippen LogP contribution in [0.1, 0.15) is 10.5 Å². The van der Waals surface area contributed by atoms with E-state index in [1.165, 1.54) is 12.3 Å². The topological polar surface area (TPSA) is 125 Å². The number of hydrogen-bond donors (Lipinski definition) is 2. The molecule has 0 aromatic carbocycles. The number of primary amides is 1. The average Bonchev–Trinajstić information content (AvgIpc) is 2.02. The fourth-order valence-electron chi connectivity index (χ4n) is 0.841. The first-order valence-electron chi connectivity index (χ1n) is 3.22. The molecule has 0 aliphatic carbocycles. The van der Waals surface area contributed by atoms with E-state index >= 15 is 0 Å². The van der Waals surface area contributed by atoms with Crippen molar-refractivity contribution in [2.24, 2.45) is 5.73 Å². The number of carbonyl (C=O) groups excluding carboxylic acids is 1. The lowest BCUT2D eigenvalue weighted by Gasteiger charge is -1.99. The second kappa shape index (κ2) is 3.05. The van der Waals surface area contributed by atoms with Crippen LogP contribution in [0.5, 0.6) is 0 Å². The Labute approximate surface area is 72.5 Å². The van der Waals surface area contributed by atoms with E-state index in [1.54, 1.807) is 0 Å². The Morgan fingerprint density at radius 1 is 1.62 bits per heavy atom. The molecule has 0 unspecified atom stereocenters. The lowest BCUT2D eigenvalue weighted by Crippen LogP contribution is -2.16. The highest BCUT2D eigenvalue weighted by molar-refractivity contribution is 5.96. The van der Waals surface area contributed by atoms with Gasteiger partial charge in [0.25, 0.3) is 5.91 Å². The Morgan fingerprint density at radius 3 is 2.62 bits per heavy atom. The molecule has 1 rings (SSSR count). The van der Waals surface area contributed by atoms with Crippen LogP contribution >= 0.6 is 0 Å². The number of nitrogens with zero attached hydrogens (tertiary/aromatic N) is 2. The highest BCUT2D eigenvalue weighted by Crippen LogP contribution is 2.22. The average molecular weight is 182 g/mol. The van der Waals surface area contributed by atoms with Gasteiger partial charge in [0.15, 0.2) is 0 Å². The van der Waals surface area contributed by atoms with Crippen molar-refractivity contribution in [3.05, 3.63) is 28.1 Å². The van der Waals surface area contributed by atoms with Crippen molar-refractivity contribution in [3.8, 4) is 0 Å². The molecule has 4 N–H and O–H groups in total. The molecule has 1 amide bonds. The summed E-state index contributed by atoms with van der Waals surface area (Å²) in [6, 6.07) is 1.23. The number of hydrogen-bond acceptors (Lipinski definition) is 5. The van der Waals surface area contributed by atoms with Crippen LogP contribution in [0.25, 0.3) is 0 Å². The van der Waals surface area contributed by atoms with Gasteiger partial charge >= 0.3 is 5.69 Å². The van der Waals surface area contributed by atoms with Crippen molar-refractivity contribution in [2.75, 3.05) is 5.73 Å². The van der Waals surface area contributed by atoms with E-state index in [-0.39, 0.29) is 5.69 Å². The van der Waals surface area contributed by atoms with Crippen molar-refractivity contribution < 1.29 is 9.72 Å². The van der Waals surface area contributed by atoms with Crippen LogP contribution in [0.4, 0.5) is 11.4 Å². The van der Waals surface area contributed by atoms with Crippen LogP contribution in [-0.4, -0.2) is 15.8 Å². The molecule has 0 radical (unpaired) electrons. The molecule has 13 heavy (non-hydrogen) atoms. The number of carbonyl (C=O) groups is 1. The van der Waals surface area contributed by atoms with Gasteiger partial charge < -0.3 is 11.5 Å². The molecule has 0 aliphatic heterocycles. The predicted molar refractivity (Wildman–Crippen MR) is 43.8 cm³/mol. The summed E-state index contributed by atoms with van der Waals surface area (Å²) >= 11 is 0. The van der Waals surface area contributed by atoms with Gasteiger partial charge in [0, 0.05) is 6.20 Å². The molecule has 0 spiro atoms. The number of rotatable bonds is 2. The van der Waals surface area contributed by atoms with E-state index in [0.29, 0.717) is 0 Å². The van der Waals surface area contributed by atoms with E-state index in [9.17, 15) is 14.9 Å². The molecule has 68 valence electrons. The third-order valence-corrected chi connectivity index (χ3v) is 1.37. The van der Waals surface area contributed by atoms with E-state index in [1.807, 2.05) is 0 Å². The molecule has 1 aromatic heterocycles. The summed E-state index contributed by atoms with van der Waals surface area (Å²) in [4.78, 5) is 23.8. The van der Waals surface area contributed by atoms with Crippen molar-refractivity contribution in [2.45, 2.75) is 0 Å². The molecule has 0 aliphatic rings. The molecule has 0 bridgehead atoms. The lowest BCUT2D eigenvalue weighted by molar-refractivity contribution is -0.384. The Balaban J connectivity index is 3.43. The zero-order valence-corrected chi connectivity index (χ0v) is 6.43. The monoisotopic (exact) mass is 182 g/mol. The molecular weight excluding hydrogens is 176 g/mol. The molecule has 0 saturated heterocycles. The standard InChI is InChI=1S/C6H6N4O3/c7-3-1-2-9-4(6(8)11)5(3)10(12)13/h1-2H,(H2,7,9)(H2,8,11). The van der Waals surface area contributed by atoms with Crippen LogP contribution in [0.3, 0.4) is 0 Å². The van der Waals surface area contributed by atoms with Crippen molar-refractivity contribution in [3.63, 3.8) is 0 Å². The third-order valence-electron chi connectivity index (χ3n) is 1.37. The predicted octanol–water partition coefficient (Wildman–Crippen LogP) is -0.329. The summed E-state index contributed by atoms with van der Waals surface area (Å²) in [6.07, 6.45) is 1.18. The summed E-state index contributed by atoms with van der Waals surface area (Å²) in [7, 11) is 0. The number of nitrogen functional groups attached to an aromatic ring is 1. The first-order chi connectivity index (χ1) is 6.04. The summed E-state index contributed by atoms with van der Waals surface area (Å²) in [5.41, 5.74) is 9.03. The highest BCUT2D eigenvalue weighted by atomic mass is 16.6. The van der Waals surface area contributed by atoms with Gasteiger partial charge in [0.2, 0.25) is 5.69 Å². The van der Waals surface area contributed by atoms with Gasteiger partial charge in [-0.3, -0.25) is 14.9 Å². The number of pyridine rings is 1. The maximum absolute atomic E-state index is 10.7. The van der Waals surface area contributed by atoms with Gasteiger partial charge in [0.1, 0.15) is 5.69 Å². The Kier molecular flexibility index (Phi) is 2.09. The molecule has 1 heterocycles. The van der Waals surface area contributed by atoms with Crippen molar-refractivity contribution >= 4 is 17.3 Å². The Morgan fingerprint density at radius 2 is 2.23 bits per heavy atom. The smallest absolute Gasteiger partial charge is 0.323 e. The van der Waals surface area contributed by atoms with E-state index in [0.717, 1.165) is 0 Å². The van der Waals surface area contributed by atoms with Gasteiger partial charge in [-0.25, -0.2) is 4.98 Å². The van der Waals surface area contributed by atoms with Gasteiger partial charge in [0.05, 0.1) is 4.92 Å². The van der Waals surface area contributed by atoms with Crippen LogP contribution in [0.15, 0.2) is 12.3 Å². The molecule has 7 heteroatoms. The van der Waals surface area contributed by atoms with Crippen LogP contribution in [0.2, 0.25) is 0 Å². The summed E-state index contributed by atoms with van der Waals surface area (Å²) in [6.45, 7) is 0. The Bertz CT molecular complexity index is 376. The second-order valence-electron chi connectivity index (χ2n) is 2.22. The second-order valence-corrected chi connectivity index (χ2v) is 2.22. The maximum atomic E-state index is 10.7. The number of nitrogens with two attached hydrogens (primary N) is 2. The minimum absolute atomic E-state index is 0.131. The number of aromatic nitrogens is 1. The number of amides is 1. The molecule has 0 saturated carbocycles. The van der Waals surface area contributed by atoms with Crippen LogP contribution in [-0.2, 0) is 0 Å². The first kappa shape index (κ1) is 8.91. The maximum Gasteiger partial charge on any atom is 0.323 e. The molecule has 0 fully saturated rings. The van der Waals surface area contributed by atoms with Gasteiger partial charge in [-0.15, -0.1) is 0 Å². The summed E-state index contributed by atoms with van der Waals surface area (Å²) < 4.78 is 0. The lowest BCUT2D eigenvalue weighted by atomic mass is 10.2.